The van der Waals surface area contributed by atoms with Gasteiger partial charge in [-0.3, -0.25) is 4.79 Å². The molecule has 0 unspecified atom stereocenters. The molecule has 0 atom stereocenters. The van der Waals surface area contributed by atoms with Crippen molar-refractivity contribution in [2.75, 3.05) is 0 Å². The maximum Gasteiger partial charge on any atom is 0.303 e. The summed E-state index contributed by atoms with van der Waals surface area (Å²) < 4.78 is 0. The molecule has 0 spiro atoms. The number of carboxylic acids is 1. The van der Waals surface area contributed by atoms with E-state index in [4.69, 9.17) is 5.11 Å². The summed E-state index contributed by atoms with van der Waals surface area (Å²) in [6.07, 6.45) is 34.2. The van der Waals surface area contributed by atoms with Crippen LogP contribution in [0, 0.1) is 5.92 Å². The Labute approximate surface area is 188 Å². The van der Waals surface area contributed by atoms with Crippen LogP contribution in [0.1, 0.15) is 142 Å². The minimum absolute atomic E-state index is 0.281. The van der Waals surface area contributed by atoms with Crippen LogP contribution < -0.4 is 0 Å². The molecule has 0 aliphatic carbocycles. The van der Waals surface area contributed by atoms with Crippen LogP contribution in [-0.2, 0) is 4.79 Å². The second-order valence-corrected chi connectivity index (χ2v) is 9.37. The van der Waals surface area contributed by atoms with Gasteiger partial charge in [0.25, 0.3) is 0 Å². The molecule has 1 N–H and O–H groups in total. The first-order valence-corrected chi connectivity index (χ1v) is 13.1. The summed E-state index contributed by atoms with van der Waals surface area (Å²) in [5.74, 6) is 0.184. The molecule has 2 heteroatoms. The maximum absolute atomic E-state index is 10.4. The van der Waals surface area contributed by atoms with Crippen molar-refractivity contribution >= 4 is 5.97 Å². The molecule has 0 amide bonds. The van der Waals surface area contributed by atoms with Crippen LogP contribution in [0.25, 0.3) is 0 Å². The normalized spacial score (nSPS) is 12.0. The Bertz CT molecular complexity index is 409. The fourth-order valence-corrected chi connectivity index (χ4v) is 3.79. The van der Waals surface area contributed by atoms with Crippen LogP contribution in [0.5, 0.6) is 0 Å². The Kier molecular flexibility index (Phi) is 23.4. The molecular formula is C28H52O2. The quantitative estimate of drug-likeness (QED) is 0.132. The zero-order valence-corrected chi connectivity index (χ0v) is 20.4. The Morgan fingerprint density at radius 2 is 0.933 bits per heavy atom. The first-order chi connectivity index (χ1) is 14.6. The third kappa shape index (κ3) is 27.0. The summed E-state index contributed by atoms with van der Waals surface area (Å²) in [4.78, 5) is 10.4. The van der Waals surface area contributed by atoms with Crippen molar-refractivity contribution in [2.45, 2.75) is 142 Å². The van der Waals surface area contributed by atoms with Crippen LogP contribution in [0.15, 0.2) is 24.3 Å². The van der Waals surface area contributed by atoms with E-state index < -0.39 is 5.97 Å². The molecule has 0 saturated heterocycles. The summed E-state index contributed by atoms with van der Waals surface area (Å²) in [6, 6.07) is 0. The van der Waals surface area contributed by atoms with Crippen LogP contribution in [0.3, 0.4) is 0 Å². The van der Waals surface area contributed by atoms with Crippen molar-refractivity contribution in [1.29, 1.82) is 0 Å². The lowest BCUT2D eigenvalue weighted by molar-refractivity contribution is -0.137. The van der Waals surface area contributed by atoms with Gasteiger partial charge < -0.3 is 5.11 Å². The minimum atomic E-state index is -0.695. The fourth-order valence-electron chi connectivity index (χ4n) is 3.79. The summed E-state index contributed by atoms with van der Waals surface area (Å²) in [5.41, 5.74) is 0. The Hall–Kier alpha value is -1.05. The van der Waals surface area contributed by atoms with Gasteiger partial charge in [0.05, 0.1) is 0 Å². The zero-order valence-electron chi connectivity index (χ0n) is 20.4. The smallest absolute Gasteiger partial charge is 0.303 e. The van der Waals surface area contributed by atoms with Gasteiger partial charge in [-0.1, -0.05) is 122 Å². The molecule has 0 radical (unpaired) electrons. The zero-order chi connectivity index (χ0) is 22.1. The van der Waals surface area contributed by atoms with E-state index in [9.17, 15) is 4.79 Å². The van der Waals surface area contributed by atoms with Gasteiger partial charge in [-0.05, 0) is 44.4 Å². The van der Waals surface area contributed by atoms with Crippen molar-refractivity contribution < 1.29 is 9.90 Å². The lowest BCUT2D eigenvalue weighted by Crippen LogP contribution is -1.92. The highest BCUT2D eigenvalue weighted by molar-refractivity contribution is 5.66. The van der Waals surface area contributed by atoms with Gasteiger partial charge >= 0.3 is 5.97 Å². The van der Waals surface area contributed by atoms with Gasteiger partial charge in [0.15, 0.2) is 0 Å². The summed E-state index contributed by atoms with van der Waals surface area (Å²) >= 11 is 0. The van der Waals surface area contributed by atoms with E-state index in [2.05, 4.69) is 38.2 Å². The molecule has 2 nitrogen and oxygen atoms in total. The molecule has 0 aromatic rings. The van der Waals surface area contributed by atoms with E-state index in [0.717, 1.165) is 31.6 Å². The highest BCUT2D eigenvalue weighted by Crippen LogP contribution is 2.14. The van der Waals surface area contributed by atoms with Gasteiger partial charge in [0, 0.05) is 6.42 Å². The molecule has 0 heterocycles. The van der Waals surface area contributed by atoms with Crippen molar-refractivity contribution in [2.24, 2.45) is 5.92 Å². The van der Waals surface area contributed by atoms with E-state index in [-0.39, 0.29) is 6.42 Å². The molecule has 0 bridgehead atoms. The molecule has 176 valence electrons. The van der Waals surface area contributed by atoms with E-state index in [0.29, 0.717) is 0 Å². The van der Waals surface area contributed by atoms with Gasteiger partial charge in [-0.25, -0.2) is 0 Å². The molecule has 0 aromatic heterocycles. The number of allylic oxidation sites excluding steroid dienone is 4. The standard InChI is InChI=1S/C28H52O2/c1-27(2)25-23-21-19-17-15-13-11-9-7-5-3-4-6-8-10-12-14-16-18-20-22-24-26-28(29)30/h10,12,18,20,27H,3-9,11,13-17,19,21-26H2,1-2H3,(H,29,30)/b12-10-,20-18-. The van der Waals surface area contributed by atoms with Crippen molar-refractivity contribution in [3.05, 3.63) is 24.3 Å². The number of unbranched alkanes of at least 4 members (excludes halogenated alkanes) is 15. The topological polar surface area (TPSA) is 37.3 Å². The van der Waals surface area contributed by atoms with Crippen LogP contribution >= 0.6 is 0 Å². The molecule has 0 aliphatic rings. The number of aliphatic carboxylic acids is 1. The van der Waals surface area contributed by atoms with E-state index >= 15 is 0 Å². The van der Waals surface area contributed by atoms with E-state index in [1.165, 1.54) is 96.3 Å². The third-order valence-electron chi connectivity index (χ3n) is 5.75. The molecule has 0 fully saturated rings. The number of hydrogen-bond acceptors (Lipinski definition) is 1. The highest BCUT2D eigenvalue weighted by Gasteiger charge is 1.96. The van der Waals surface area contributed by atoms with Gasteiger partial charge in [0.1, 0.15) is 0 Å². The number of carboxylic acid groups (broad SMARTS) is 1. The maximum atomic E-state index is 10.4. The average Bonchev–Trinajstić information content (AvgIpc) is 2.70. The second kappa shape index (κ2) is 24.2. The van der Waals surface area contributed by atoms with E-state index in [1.807, 2.05) is 0 Å². The molecule has 0 aromatic carbocycles. The van der Waals surface area contributed by atoms with Crippen LogP contribution in [0.4, 0.5) is 0 Å². The molecule has 0 rings (SSSR count). The lowest BCUT2D eigenvalue weighted by atomic mass is 10.0. The summed E-state index contributed by atoms with van der Waals surface area (Å²) in [7, 11) is 0. The first-order valence-electron chi connectivity index (χ1n) is 13.1. The van der Waals surface area contributed by atoms with E-state index in [1.54, 1.807) is 0 Å². The van der Waals surface area contributed by atoms with Crippen molar-refractivity contribution in [3.8, 4) is 0 Å². The summed E-state index contributed by atoms with van der Waals surface area (Å²) in [5, 5.41) is 8.56. The van der Waals surface area contributed by atoms with Gasteiger partial charge in [-0.2, -0.15) is 0 Å². The fraction of sp³-hybridized carbons (Fsp3) is 0.821. The molecule has 0 aliphatic heterocycles. The molecular weight excluding hydrogens is 368 g/mol. The largest absolute Gasteiger partial charge is 0.481 e. The highest BCUT2D eigenvalue weighted by atomic mass is 16.4. The third-order valence-corrected chi connectivity index (χ3v) is 5.75. The Morgan fingerprint density at radius 1 is 0.567 bits per heavy atom. The van der Waals surface area contributed by atoms with Crippen LogP contribution in [-0.4, -0.2) is 11.1 Å². The van der Waals surface area contributed by atoms with Crippen molar-refractivity contribution in [3.63, 3.8) is 0 Å². The summed E-state index contributed by atoms with van der Waals surface area (Å²) in [6.45, 7) is 4.66. The van der Waals surface area contributed by atoms with Crippen molar-refractivity contribution in [1.82, 2.24) is 0 Å². The Balaban J connectivity index is 3.14. The lowest BCUT2D eigenvalue weighted by Gasteiger charge is -2.04. The molecule has 30 heavy (non-hydrogen) atoms. The molecule has 0 saturated carbocycles. The number of hydrogen-bond donors (Lipinski definition) is 1. The monoisotopic (exact) mass is 420 g/mol. The average molecular weight is 421 g/mol. The Morgan fingerprint density at radius 3 is 1.37 bits per heavy atom. The van der Waals surface area contributed by atoms with Crippen LogP contribution in [0.2, 0.25) is 0 Å². The van der Waals surface area contributed by atoms with Gasteiger partial charge in [0.2, 0.25) is 0 Å². The number of carbonyl (C=O) groups is 1. The first kappa shape index (κ1) is 28.9. The predicted molar refractivity (Wildman–Crippen MR) is 133 cm³/mol. The minimum Gasteiger partial charge on any atom is -0.481 e. The predicted octanol–water partition coefficient (Wildman–Crippen LogP) is 9.64. The second-order valence-electron chi connectivity index (χ2n) is 9.37. The SMILES string of the molecule is CC(C)CCCCCCCCCCCCCCC/C=C\CC/C=C\CCCC(=O)O. The van der Waals surface area contributed by atoms with Gasteiger partial charge in [-0.15, -0.1) is 0 Å². The number of rotatable bonds is 23.